The molecule has 0 radical (unpaired) electrons. The van der Waals surface area contributed by atoms with Crippen molar-refractivity contribution < 1.29 is 28.6 Å². The van der Waals surface area contributed by atoms with E-state index in [9.17, 15) is 14.4 Å². The zero-order valence-corrected chi connectivity index (χ0v) is 40.2. The van der Waals surface area contributed by atoms with Crippen LogP contribution in [0.2, 0.25) is 0 Å². The predicted molar refractivity (Wildman–Crippen MR) is 261 cm³/mol. The van der Waals surface area contributed by atoms with Crippen molar-refractivity contribution in [2.24, 2.45) is 0 Å². The molecule has 61 heavy (non-hydrogen) atoms. The number of carbonyl (C=O) groups is 3. The number of hydrogen-bond donors (Lipinski definition) is 0. The molecule has 0 aliphatic rings. The first-order chi connectivity index (χ1) is 30.0. The van der Waals surface area contributed by atoms with Crippen LogP contribution in [0.4, 0.5) is 0 Å². The predicted octanol–water partition coefficient (Wildman–Crippen LogP) is 16.9. The Morgan fingerprint density at radius 1 is 0.344 bits per heavy atom. The van der Waals surface area contributed by atoms with E-state index in [-0.39, 0.29) is 31.1 Å². The second-order valence-corrected chi connectivity index (χ2v) is 17.1. The van der Waals surface area contributed by atoms with E-state index < -0.39 is 6.10 Å². The van der Waals surface area contributed by atoms with Gasteiger partial charge in [-0.05, 0) is 64.2 Å². The van der Waals surface area contributed by atoms with Crippen LogP contribution in [0.1, 0.15) is 252 Å². The number of ether oxygens (including phenoxy) is 3. The van der Waals surface area contributed by atoms with E-state index in [0.29, 0.717) is 19.3 Å². The molecule has 0 bridgehead atoms. The van der Waals surface area contributed by atoms with Gasteiger partial charge in [-0.1, -0.05) is 229 Å². The zero-order chi connectivity index (χ0) is 44.4. The van der Waals surface area contributed by atoms with Crippen molar-refractivity contribution in [3.05, 3.63) is 60.8 Å². The highest BCUT2D eigenvalue weighted by Gasteiger charge is 2.19. The Morgan fingerprint density at radius 2 is 0.656 bits per heavy atom. The Hall–Kier alpha value is -2.89. The smallest absolute Gasteiger partial charge is 0.306 e. The standard InChI is InChI=1S/C55H96O6/c1-4-7-10-13-16-19-22-25-28-31-33-36-39-42-45-48-54(57)60-51-52(61-55(58)49-46-43-40-37-34-30-27-24-21-18-15-12-9-6-3)50-59-53(56)47-44-41-38-35-32-29-26-23-20-17-14-11-8-5-2/h7,10,13,16,19,22,25,28,30,34,52H,4-6,8-9,11-12,14-15,17-18,20-21,23-24,26-27,29,31-33,35-51H2,1-3H3/b10-7-,16-13-,22-19-,28-25-,34-30-. The molecule has 1 atom stereocenters. The summed E-state index contributed by atoms with van der Waals surface area (Å²) >= 11 is 0. The summed E-state index contributed by atoms with van der Waals surface area (Å²) in [6.45, 7) is 6.47. The maximum atomic E-state index is 12.8. The molecule has 0 rings (SSSR count). The Balaban J connectivity index is 4.43. The van der Waals surface area contributed by atoms with Crippen molar-refractivity contribution in [3.8, 4) is 0 Å². The first-order valence-corrected chi connectivity index (χ1v) is 25.8. The van der Waals surface area contributed by atoms with Crippen LogP contribution in [0.3, 0.4) is 0 Å². The molecule has 6 nitrogen and oxygen atoms in total. The maximum Gasteiger partial charge on any atom is 0.306 e. The van der Waals surface area contributed by atoms with Crippen LogP contribution in [0.25, 0.3) is 0 Å². The van der Waals surface area contributed by atoms with Crippen molar-refractivity contribution in [2.45, 2.75) is 258 Å². The zero-order valence-electron chi connectivity index (χ0n) is 40.2. The highest BCUT2D eigenvalue weighted by Crippen LogP contribution is 2.15. The van der Waals surface area contributed by atoms with E-state index in [1.165, 1.54) is 116 Å². The molecule has 0 aromatic rings. The van der Waals surface area contributed by atoms with Gasteiger partial charge in [0.15, 0.2) is 6.10 Å². The summed E-state index contributed by atoms with van der Waals surface area (Å²) in [6, 6.07) is 0. The molecular formula is C55H96O6. The van der Waals surface area contributed by atoms with E-state index in [4.69, 9.17) is 14.2 Å². The summed E-state index contributed by atoms with van der Waals surface area (Å²) in [6.07, 6.45) is 60.6. The van der Waals surface area contributed by atoms with Crippen molar-refractivity contribution in [2.75, 3.05) is 13.2 Å². The number of rotatable bonds is 46. The topological polar surface area (TPSA) is 78.9 Å². The largest absolute Gasteiger partial charge is 0.462 e. The molecule has 0 spiro atoms. The average molecular weight is 853 g/mol. The lowest BCUT2D eigenvalue weighted by Gasteiger charge is -2.18. The number of hydrogen-bond acceptors (Lipinski definition) is 6. The minimum absolute atomic E-state index is 0.0861. The lowest BCUT2D eigenvalue weighted by molar-refractivity contribution is -0.167. The Morgan fingerprint density at radius 3 is 1.07 bits per heavy atom. The molecule has 6 heteroatoms. The summed E-state index contributed by atoms with van der Waals surface area (Å²) in [5.41, 5.74) is 0. The van der Waals surface area contributed by atoms with E-state index in [1.807, 2.05) is 18.2 Å². The van der Waals surface area contributed by atoms with Gasteiger partial charge in [0.1, 0.15) is 13.2 Å². The van der Waals surface area contributed by atoms with E-state index in [1.54, 1.807) is 0 Å². The molecule has 0 aromatic heterocycles. The molecule has 352 valence electrons. The Bertz CT molecular complexity index is 1120. The van der Waals surface area contributed by atoms with Gasteiger partial charge in [-0.3, -0.25) is 14.4 Å². The third-order valence-corrected chi connectivity index (χ3v) is 11.1. The van der Waals surface area contributed by atoms with Gasteiger partial charge in [0.05, 0.1) is 0 Å². The van der Waals surface area contributed by atoms with Crippen molar-refractivity contribution in [1.82, 2.24) is 0 Å². The molecule has 0 aromatic carbocycles. The minimum Gasteiger partial charge on any atom is -0.462 e. The van der Waals surface area contributed by atoms with Gasteiger partial charge in [0.2, 0.25) is 0 Å². The van der Waals surface area contributed by atoms with Gasteiger partial charge in [0, 0.05) is 19.3 Å². The monoisotopic (exact) mass is 853 g/mol. The molecule has 0 aliphatic heterocycles. The summed E-state index contributed by atoms with van der Waals surface area (Å²) in [4.78, 5) is 38.0. The van der Waals surface area contributed by atoms with Crippen LogP contribution in [0, 0.1) is 0 Å². The van der Waals surface area contributed by atoms with Crippen molar-refractivity contribution in [1.29, 1.82) is 0 Å². The Labute approximate surface area is 377 Å². The fraction of sp³-hybridized carbons (Fsp3) is 0.764. The van der Waals surface area contributed by atoms with Crippen LogP contribution in [0.5, 0.6) is 0 Å². The van der Waals surface area contributed by atoms with Gasteiger partial charge in [-0.2, -0.15) is 0 Å². The lowest BCUT2D eigenvalue weighted by atomic mass is 10.0. The van der Waals surface area contributed by atoms with Gasteiger partial charge < -0.3 is 14.2 Å². The molecule has 0 aliphatic carbocycles. The number of esters is 3. The maximum absolute atomic E-state index is 12.8. The highest BCUT2D eigenvalue weighted by atomic mass is 16.6. The summed E-state index contributed by atoms with van der Waals surface area (Å²) in [7, 11) is 0. The first kappa shape index (κ1) is 58.1. The first-order valence-electron chi connectivity index (χ1n) is 25.8. The number of allylic oxidation sites excluding steroid dienone is 10. The molecular weight excluding hydrogens is 757 g/mol. The molecule has 1 unspecified atom stereocenters. The normalized spacial score (nSPS) is 12.5. The number of unbranched alkanes of at least 4 members (excludes halogenated alkanes) is 28. The van der Waals surface area contributed by atoms with Crippen LogP contribution >= 0.6 is 0 Å². The van der Waals surface area contributed by atoms with Gasteiger partial charge in [-0.15, -0.1) is 0 Å². The van der Waals surface area contributed by atoms with Gasteiger partial charge >= 0.3 is 17.9 Å². The van der Waals surface area contributed by atoms with Gasteiger partial charge in [0.25, 0.3) is 0 Å². The summed E-state index contributed by atoms with van der Waals surface area (Å²) < 4.78 is 16.8. The molecule has 0 saturated carbocycles. The SMILES string of the molecule is CC\C=C/C=C\C=C/C=C\CCCCCCCC(=O)OCC(COC(=O)CCCCCCCCCCCCCCCC)OC(=O)CCCCC/C=C\CCCCCCCCC. The quantitative estimate of drug-likeness (QED) is 0.0200. The van der Waals surface area contributed by atoms with Crippen LogP contribution < -0.4 is 0 Å². The lowest BCUT2D eigenvalue weighted by Crippen LogP contribution is -2.30. The van der Waals surface area contributed by atoms with Crippen LogP contribution in [-0.2, 0) is 28.6 Å². The minimum atomic E-state index is -0.789. The van der Waals surface area contributed by atoms with Crippen molar-refractivity contribution in [3.63, 3.8) is 0 Å². The van der Waals surface area contributed by atoms with Crippen molar-refractivity contribution >= 4 is 17.9 Å². The molecule has 0 saturated heterocycles. The Kier molecular flexibility index (Phi) is 47.4. The molecule has 0 heterocycles. The summed E-state index contributed by atoms with van der Waals surface area (Å²) in [5, 5.41) is 0. The van der Waals surface area contributed by atoms with E-state index in [0.717, 1.165) is 96.3 Å². The molecule has 0 amide bonds. The summed E-state index contributed by atoms with van der Waals surface area (Å²) in [5.74, 6) is -0.921. The molecule has 0 fully saturated rings. The molecule has 0 N–H and O–H groups in total. The highest BCUT2D eigenvalue weighted by molar-refractivity contribution is 5.71. The second-order valence-electron chi connectivity index (χ2n) is 17.1. The average Bonchev–Trinajstić information content (AvgIpc) is 3.26. The third kappa shape index (κ3) is 48.0. The van der Waals surface area contributed by atoms with Crippen LogP contribution in [-0.4, -0.2) is 37.2 Å². The number of carbonyl (C=O) groups excluding carboxylic acids is 3. The van der Waals surface area contributed by atoms with E-state index in [2.05, 4.69) is 63.3 Å². The fourth-order valence-corrected chi connectivity index (χ4v) is 7.21. The third-order valence-electron chi connectivity index (χ3n) is 11.1. The fourth-order valence-electron chi connectivity index (χ4n) is 7.21. The second kappa shape index (κ2) is 49.8. The van der Waals surface area contributed by atoms with Gasteiger partial charge in [-0.25, -0.2) is 0 Å². The van der Waals surface area contributed by atoms with Crippen LogP contribution in [0.15, 0.2) is 60.8 Å². The van der Waals surface area contributed by atoms with E-state index >= 15 is 0 Å².